The van der Waals surface area contributed by atoms with Gasteiger partial charge in [-0.3, -0.25) is 13.9 Å². The van der Waals surface area contributed by atoms with Crippen molar-refractivity contribution in [2.75, 3.05) is 37.9 Å². The lowest BCUT2D eigenvalue weighted by Gasteiger charge is -2.27. The standard InChI is InChI=1S/C35H37IN4O8S/c1-21-11-13-23(14-12-21)29-28(31(41)37-2)25-18-26(36)30(38-32(25)48-29)39(49(4,44)45)16-8-15-35(19-27(35)46-3)33(42)40-24(20-47-34(40)43)17-22-9-6-5-7-10-22/h5-7,9-14,18,24,27H,8,15-17,19-20H2,1-4H3,(H,37,41)/t24-,27+,35?/m0/s1. The number of aromatic nitrogens is 1. The number of halogens is 1. The number of cyclic esters (lactones) is 1. The van der Waals surface area contributed by atoms with Crippen molar-refractivity contribution in [3.8, 4) is 11.3 Å². The molecule has 1 saturated heterocycles. The molecule has 49 heavy (non-hydrogen) atoms. The van der Waals surface area contributed by atoms with E-state index in [0.29, 0.717) is 38.7 Å². The third-order valence-electron chi connectivity index (χ3n) is 9.22. The summed E-state index contributed by atoms with van der Waals surface area (Å²) >= 11 is 2.01. The van der Waals surface area contributed by atoms with Gasteiger partial charge in [-0.25, -0.2) is 18.1 Å². The molecule has 1 unspecified atom stereocenters. The van der Waals surface area contributed by atoms with Crippen LogP contribution in [0.1, 0.15) is 40.7 Å². The number of pyridine rings is 1. The summed E-state index contributed by atoms with van der Waals surface area (Å²) in [5, 5.41) is 3.11. The van der Waals surface area contributed by atoms with Crippen molar-refractivity contribution >= 4 is 67.4 Å². The highest BCUT2D eigenvalue weighted by Crippen LogP contribution is 2.54. The molecule has 1 saturated carbocycles. The fourth-order valence-corrected chi connectivity index (χ4v) is 8.35. The summed E-state index contributed by atoms with van der Waals surface area (Å²) in [5.41, 5.74) is 2.12. The number of rotatable bonds is 12. The minimum atomic E-state index is -3.85. The molecule has 2 fully saturated rings. The van der Waals surface area contributed by atoms with Gasteiger partial charge in [0.25, 0.3) is 5.91 Å². The largest absolute Gasteiger partial charge is 0.447 e. The highest BCUT2D eigenvalue weighted by molar-refractivity contribution is 14.1. The number of furan rings is 1. The SMILES string of the molecule is CNC(=O)c1c(-c2ccc(C)cc2)oc2nc(N(CCCC3(C(=O)N4C(=O)OC[C@@H]4Cc4ccccc4)C[C@H]3OC)S(C)(=O)=O)c(I)cc12. The number of nitrogens with zero attached hydrogens (tertiary/aromatic N) is 3. The minimum absolute atomic E-state index is 0.00449. The van der Waals surface area contributed by atoms with Gasteiger partial charge in [-0.2, -0.15) is 4.98 Å². The number of hydrogen-bond acceptors (Lipinski definition) is 9. The van der Waals surface area contributed by atoms with Crippen LogP contribution in [-0.2, 0) is 30.7 Å². The zero-order chi connectivity index (χ0) is 35.1. The molecule has 0 bridgehead atoms. The third-order valence-corrected chi connectivity index (χ3v) is 11.2. The van der Waals surface area contributed by atoms with Crippen LogP contribution < -0.4 is 9.62 Å². The molecule has 0 radical (unpaired) electrons. The van der Waals surface area contributed by atoms with Crippen LogP contribution in [0.5, 0.6) is 0 Å². The van der Waals surface area contributed by atoms with E-state index in [1.54, 1.807) is 6.07 Å². The number of methoxy groups -OCH3 is 1. The van der Waals surface area contributed by atoms with Crippen molar-refractivity contribution in [1.29, 1.82) is 0 Å². The van der Waals surface area contributed by atoms with Crippen LogP contribution in [0.25, 0.3) is 22.4 Å². The second-order valence-electron chi connectivity index (χ2n) is 12.5. The zero-order valence-electron chi connectivity index (χ0n) is 27.6. The minimum Gasteiger partial charge on any atom is -0.447 e. The number of ether oxygens (including phenoxy) is 2. The average molecular weight is 801 g/mol. The Hall–Kier alpha value is -4.02. The normalized spacial score (nSPS) is 20.3. The second-order valence-corrected chi connectivity index (χ2v) is 15.6. The molecule has 1 aliphatic heterocycles. The van der Waals surface area contributed by atoms with E-state index >= 15 is 0 Å². The smallest absolute Gasteiger partial charge is 0.417 e. The van der Waals surface area contributed by atoms with Crippen molar-refractivity contribution < 1.29 is 36.7 Å². The van der Waals surface area contributed by atoms with Gasteiger partial charge < -0.3 is 19.2 Å². The van der Waals surface area contributed by atoms with E-state index in [-0.39, 0.29) is 49.3 Å². The van der Waals surface area contributed by atoms with Crippen molar-refractivity contribution in [1.82, 2.24) is 15.2 Å². The number of aryl methyl sites for hydroxylation is 1. The fourth-order valence-electron chi connectivity index (χ4n) is 6.55. The summed E-state index contributed by atoms with van der Waals surface area (Å²) in [6.45, 7) is 2.06. The zero-order valence-corrected chi connectivity index (χ0v) is 30.5. The maximum atomic E-state index is 14.1. The summed E-state index contributed by atoms with van der Waals surface area (Å²) in [5.74, 6) is -0.260. The Morgan fingerprint density at radius 1 is 1.16 bits per heavy atom. The number of nitrogens with one attached hydrogen (secondary N) is 1. The van der Waals surface area contributed by atoms with Crippen LogP contribution in [0.15, 0.2) is 65.1 Å². The van der Waals surface area contributed by atoms with Crippen molar-refractivity contribution in [3.05, 3.63) is 80.9 Å². The number of carbonyl (C=O) groups is 3. The molecule has 1 N–H and O–H groups in total. The molecule has 12 nitrogen and oxygen atoms in total. The first-order valence-corrected chi connectivity index (χ1v) is 18.8. The molecule has 3 atom stereocenters. The molecule has 4 aromatic rings. The van der Waals surface area contributed by atoms with E-state index in [0.717, 1.165) is 17.4 Å². The van der Waals surface area contributed by atoms with E-state index in [9.17, 15) is 22.8 Å². The van der Waals surface area contributed by atoms with Crippen LogP contribution in [0.2, 0.25) is 0 Å². The summed E-state index contributed by atoms with van der Waals surface area (Å²) in [6, 6.07) is 18.3. The maximum absolute atomic E-state index is 14.1. The van der Waals surface area contributed by atoms with Crippen molar-refractivity contribution in [3.63, 3.8) is 0 Å². The van der Waals surface area contributed by atoms with E-state index in [4.69, 9.17) is 13.9 Å². The Labute approximate surface area is 298 Å². The number of imide groups is 1. The quantitative estimate of drug-likeness (QED) is 0.188. The lowest BCUT2D eigenvalue weighted by Crippen LogP contribution is -2.45. The second kappa shape index (κ2) is 13.7. The molecule has 2 aliphatic rings. The van der Waals surface area contributed by atoms with E-state index in [1.165, 1.54) is 23.4 Å². The lowest BCUT2D eigenvalue weighted by atomic mass is 9.96. The van der Waals surface area contributed by atoms with Crippen LogP contribution in [-0.4, -0.2) is 81.9 Å². The Bertz CT molecular complexity index is 2020. The Morgan fingerprint density at radius 2 is 1.88 bits per heavy atom. The molecule has 2 aromatic carbocycles. The van der Waals surface area contributed by atoms with E-state index in [1.807, 2.05) is 84.1 Å². The van der Waals surface area contributed by atoms with E-state index in [2.05, 4.69) is 10.3 Å². The first-order valence-electron chi connectivity index (χ1n) is 15.8. The van der Waals surface area contributed by atoms with Gasteiger partial charge >= 0.3 is 6.09 Å². The monoisotopic (exact) mass is 800 g/mol. The lowest BCUT2D eigenvalue weighted by molar-refractivity contribution is -0.136. The summed E-state index contributed by atoms with van der Waals surface area (Å²) in [6.07, 6.45) is 1.40. The summed E-state index contributed by atoms with van der Waals surface area (Å²) < 4.78 is 45.2. The Morgan fingerprint density at radius 3 is 2.51 bits per heavy atom. The number of benzene rings is 2. The molecule has 2 aromatic heterocycles. The predicted molar refractivity (Wildman–Crippen MR) is 192 cm³/mol. The van der Waals surface area contributed by atoms with Gasteiger partial charge in [0.15, 0.2) is 5.82 Å². The molecule has 258 valence electrons. The number of carbonyl (C=O) groups excluding carboxylic acids is 3. The number of hydrogen-bond donors (Lipinski definition) is 1. The Kier molecular flexibility index (Phi) is 9.74. The highest BCUT2D eigenvalue weighted by Gasteiger charge is 2.63. The average Bonchev–Trinajstić information content (AvgIpc) is 3.52. The van der Waals surface area contributed by atoms with Gasteiger partial charge in [0.05, 0.1) is 38.3 Å². The first-order chi connectivity index (χ1) is 23.4. The van der Waals surface area contributed by atoms with Crippen LogP contribution in [0.4, 0.5) is 10.6 Å². The number of fused-ring (bicyclic) bond motifs is 1. The molecule has 1 aliphatic carbocycles. The summed E-state index contributed by atoms with van der Waals surface area (Å²) in [7, 11) is -0.800. The first kappa shape index (κ1) is 34.8. The molecule has 6 rings (SSSR count). The number of amides is 3. The van der Waals surface area contributed by atoms with Gasteiger partial charge in [0.2, 0.25) is 21.6 Å². The predicted octanol–water partition coefficient (Wildman–Crippen LogP) is 5.31. The molecule has 3 heterocycles. The maximum Gasteiger partial charge on any atom is 0.417 e. The topological polar surface area (TPSA) is 148 Å². The highest BCUT2D eigenvalue weighted by atomic mass is 127. The molecule has 0 spiro atoms. The van der Waals surface area contributed by atoms with Gasteiger partial charge in [0, 0.05) is 26.3 Å². The third kappa shape index (κ3) is 6.77. The van der Waals surface area contributed by atoms with Crippen LogP contribution in [0, 0.1) is 15.9 Å². The van der Waals surface area contributed by atoms with Gasteiger partial charge in [-0.1, -0.05) is 60.2 Å². The fraction of sp³-hybridized carbons (Fsp3) is 0.371. The van der Waals surface area contributed by atoms with Gasteiger partial charge in [0.1, 0.15) is 12.4 Å². The molecular weight excluding hydrogens is 763 g/mol. The molecule has 14 heteroatoms. The Balaban J connectivity index is 1.27. The van der Waals surface area contributed by atoms with Gasteiger partial charge in [-0.05, 0) is 66.8 Å². The summed E-state index contributed by atoms with van der Waals surface area (Å²) in [4.78, 5) is 45.8. The van der Waals surface area contributed by atoms with Crippen LogP contribution in [0.3, 0.4) is 0 Å². The van der Waals surface area contributed by atoms with Crippen LogP contribution >= 0.6 is 22.6 Å². The molecule has 3 amide bonds. The number of sulfonamides is 1. The van der Waals surface area contributed by atoms with Gasteiger partial charge in [-0.15, -0.1) is 0 Å². The molecular formula is C35H37IN4O8S. The van der Waals surface area contributed by atoms with Crippen molar-refractivity contribution in [2.24, 2.45) is 5.41 Å². The number of anilines is 1. The van der Waals surface area contributed by atoms with Crippen molar-refractivity contribution in [2.45, 2.75) is 44.8 Å². The van der Waals surface area contributed by atoms with E-state index < -0.39 is 33.7 Å².